The Labute approximate surface area is 139 Å². The van der Waals surface area contributed by atoms with E-state index in [0.717, 1.165) is 45.7 Å². The van der Waals surface area contributed by atoms with E-state index in [1.165, 1.54) is 12.1 Å². The summed E-state index contributed by atoms with van der Waals surface area (Å²) in [6.07, 6.45) is 2.27. The Hall–Kier alpha value is -1.99. The zero-order valence-corrected chi connectivity index (χ0v) is 13.9. The van der Waals surface area contributed by atoms with Crippen LogP contribution in [0.2, 0.25) is 0 Å². The summed E-state index contributed by atoms with van der Waals surface area (Å²) in [6.45, 7) is 7.67. The lowest BCUT2D eigenvalue weighted by atomic mass is 10.0. The predicted octanol–water partition coefficient (Wildman–Crippen LogP) is 1.82. The molecule has 1 unspecified atom stereocenters. The van der Waals surface area contributed by atoms with Crippen molar-refractivity contribution >= 4 is 11.6 Å². The number of amides is 1. The minimum atomic E-state index is -0.0138. The number of anilines is 1. The standard InChI is InChI=1S/C19H25N3O/c1-2-7-19(23)22-11-6-10-18(16-22)21-14-12-20(13-15-21)17-8-4-3-5-9-17/h3-5,8-9,18H,6,10-16H2,1H3. The number of hydrogen-bond acceptors (Lipinski definition) is 3. The van der Waals surface area contributed by atoms with E-state index in [4.69, 9.17) is 0 Å². The second-order valence-electron chi connectivity index (χ2n) is 6.28. The molecule has 2 fully saturated rings. The van der Waals surface area contributed by atoms with Gasteiger partial charge in [-0.25, -0.2) is 0 Å². The molecule has 0 spiro atoms. The van der Waals surface area contributed by atoms with Gasteiger partial charge in [0.05, 0.1) is 0 Å². The SMILES string of the molecule is CC#CC(=O)N1CCCC(N2CCN(c3ccccc3)CC2)C1. The summed E-state index contributed by atoms with van der Waals surface area (Å²) in [5.74, 6) is 5.39. The quantitative estimate of drug-likeness (QED) is 0.780. The van der Waals surface area contributed by atoms with Crippen LogP contribution in [0.25, 0.3) is 0 Å². The van der Waals surface area contributed by atoms with Crippen LogP contribution in [0.5, 0.6) is 0 Å². The molecule has 4 heteroatoms. The Morgan fingerprint density at radius 2 is 1.83 bits per heavy atom. The van der Waals surface area contributed by atoms with Crippen molar-refractivity contribution in [2.24, 2.45) is 0 Å². The summed E-state index contributed by atoms with van der Waals surface area (Å²) in [7, 11) is 0. The third-order valence-corrected chi connectivity index (χ3v) is 4.87. The van der Waals surface area contributed by atoms with Gasteiger partial charge in [0, 0.05) is 51.0 Å². The smallest absolute Gasteiger partial charge is 0.298 e. The Kier molecular flexibility index (Phi) is 5.19. The molecular weight excluding hydrogens is 286 g/mol. The second-order valence-corrected chi connectivity index (χ2v) is 6.28. The maximum Gasteiger partial charge on any atom is 0.298 e. The Morgan fingerprint density at radius 1 is 1.09 bits per heavy atom. The lowest BCUT2D eigenvalue weighted by Crippen LogP contribution is -2.55. The van der Waals surface area contributed by atoms with Crippen LogP contribution in [-0.4, -0.2) is 61.0 Å². The first-order chi connectivity index (χ1) is 11.3. The van der Waals surface area contributed by atoms with Gasteiger partial charge in [-0.15, -0.1) is 0 Å². The van der Waals surface area contributed by atoms with Gasteiger partial charge in [0.25, 0.3) is 5.91 Å². The lowest BCUT2D eigenvalue weighted by Gasteiger charge is -2.43. The third kappa shape index (κ3) is 3.86. The van der Waals surface area contributed by atoms with Crippen molar-refractivity contribution in [2.45, 2.75) is 25.8 Å². The van der Waals surface area contributed by atoms with Crippen LogP contribution >= 0.6 is 0 Å². The molecule has 1 aromatic rings. The van der Waals surface area contributed by atoms with Gasteiger partial charge in [-0.3, -0.25) is 9.69 Å². The topological polar surface area (TPSA) is 26.8 Å². The van der Waals surface area contributed by atoms with Crippen molar-refractivity contribution in [3.05, 3.63) is 30.3 Å². The van der Waals surface area contributed by atoms with Crippen LogP contribution in [0.3, 0.4) is 0 Å². The largest absolute Gasteiger partial charge is 0.369 e. The lowest BCUT2D eigenvalue weighted by molar-refractivity contribution is -0.127. The molecule has 0 aliphatic carbocycles. The maximum absolute atomic E-state index is 12.0. The number of likely N-dealkylation sites (tertiary alicyclic amines) is 1. The molecule has 2 aliphatic rings. The number of piperazine rings is 1. The summed E-state index contributed by atoms with van der Waals surface area (Å²) >= 11 is 0. The molecule has 0 N–H and O–H groups in total. The van der Waals surface area contributed by atoms with E-state index < -0.39 is 0 Å². The molecule has 2 aliphatic heterocycles. The second kappa shape index (κ2) is 7.52. The fourth-order valence-electron chi connectivity index (χ4n) is 3.61. The van der Waals surface area contributed by atoms with E-state index in [-0.39, 0.29) is 5.91 Å². The van der Waals surface area contributed by atoms with Crippen LogP contribution in [0.15, 0.2) is 30.3 Å². The molecule has 0 bridgehead atoms. The molecule has 1 amide bonds. The van der Waals surface area contributed by atoms with Crippen molar-refractivity contribution in [3.63, 3.8) is 0 Å². The van der Waals surface area contributed by atoms with E-state index in [9.17, 15) is 4.79 Å². The number of carbonyl (C=O) groups excluding carboxylic acids is 1. The van der Waals surface area contributed by atoms with Crippen LogP contribution in [0, 0.1) is 11.8 Å². The maximum atomic E-state index is 12.0. The Balaban J connectivity index is 1.55. The summed E-state index contributed by atoms with van der Waals surface area (Å²) in [5, 5.41) is 0. The highest BCUT2D eigenvalue weighted by atomic mass is 16.2. The Bertz CT molecular complexity index is 582. The van der Waals surface area contributed by atoms with E-state index in [0.29, 0.717) is 6.04 Å². The van der Waals surface area contributed by atoms with Crippen LogP contribution in [0.4, 0.5) is 5.69 Å². The van der Waals surface area contributed by atoms with E-state index in [2.05, 4.69) is 52.0 Å². The zero-order chi connectivity index (χ0) is 16.1. The number of nitrogens with zero attached hydrogens (tertiary/aromatic N) is 3. The minimum Gasteiger partial charge on any atom is -0.369 e. The fraction of sp³-hybridized carbons (Fsp3) is 0.526. The third-order valence-electron chi connectivity index (χ3n) is 4.87. The van der Waals surface area contributed by atoms with Gasteiger partial charge in [0.15, 0.2) is 0 Å². The predicted molar refractivity (Wildman–Crippen MR) is 93.3 cm³/mol. The summed E-state index contributed by atoms with van der Waals surface area (Å²) in [5.41, 5.74) is 1.31. The highest BCUT2D eigenvalue weighted by Crippen LogP contribution is 2.20. The van der Waals surface area contributed by atoms with Crippen molar-refractivity contribution in [3.8, 4) is 11.8 Å². The van der Waals surface area contributed by atoms with E-state index >= 15 is 0 Å². The molecule has 1 atom stereocenters. The number of benzene rings is 1. The minimum absolute atomic E-state index is 0.0138. The van der Waals surface area contributed by atoms with E-state index in [1.54, 1.807) is 6.92 Å². The number of piperidine rings is 1. The molecule has 1 aromatic carbocycles. The molecular formula is C19H25N3O. The van der Waals surface area contributed by atoms with Crippen LogP contribution in [0.1, 0.15) is 19.8 Å². The van der Waals surface area contributed by atoms with Gasteiger partial charge in [-0.2, -0.15) is 0 Å². The van der Waals surface area contributed by atoms with Gasteiger partial charge in [0.1, 0.15) is 0 Å². The Morgan fingerprint density at radius 3 is 2.52 bits per heavy atom. The number of hydrogen-bond donors (Lipinski definition) is 0. The average molecular weight is 311 g/mol. The first-order valence-electron chi connectivity index (χ1n) is 8.53. The molecule has 4 nitrogen and oxygen atoms in total. The van der Waals surface area contributed by atoms with Crippen molar-refractivity contribution in [2.75, 3.05) is 44.2 Å². The summed E-state index contributed by atoms with van der Waals surface area (Å²) < 4.78 is 0. The van der Waals surface area contributed by atoms with Gasteiger partial charge in [-0.1, -0.05) is 24.1 Å². The van der Waals surface area contributed by atoms with E-state index in [1.807, 2.05) is 4.90 Å². The molecule has 0 aromatic heterocycles. The van der Waals surface area contributed by atoms with Gasteiger partial charge in [-0.05, 0) is 37.8 Å². The van der Waals surface area contributed by atoms with Crippen LogP contribution in [-0.2, 0) is 4.79 Å². The molecule has 0 radical (unpaired) electrons. The molecule has 122 valence electrons. The molecule has 23 heavy (non-hydrogen) atoms. The highest BCUT2D eigenvalue weighted by molar-refractivity contribution is 5.93. The van der Waals surface area contributed by atoms with Crippen molar-refractivity contribution < 1.29 is 4.79 Å². The molecule has 0 saturated carbocycles. The average Bonchev–Trinajstić information content (AvgIpc) is 2.63. The van der Waals surface area contributed by atoms with Crippen molar-refractivity contribution in [1.82, 2.24) is 9.80 Å². The van der Waals surface area contributed by atoms with Gasteiger partial charge < -0.3 is 9.80 Å². The zero-order valence-electron chi connectivity index (χ0n) is 13.9. The van der Waals surface area contributed by atoms with Gasteiger partial charge in [0.2, 0.25) is 0 Å². The van der Waals surface area contributed by atoms with Crippen molar-refractivity contribution in [1.29, 1.82) is 0 Å². The normalized spacial score (nSPS) is 22.4. The molecule has 2 saturated heterocycles. The summed E-state index contributed by atoms with van der Waals surface area (Å²) in [4.78, 5) is 18.9. The monoisotopic (exact) mass is 311 g/mol. The summed E-state index contributed by atoms with van der Waals surface area (Å²) in [6, 6.07) is 11.1. The number of rotatable bonds is 2. The fourth-order valence-corrected chi connectivity index (χ4v) is 3.61. The first kappa shape index (κ1) is 15.9. The number of carbonyl (C=O) groups is 1. The van der Waals surface area contributed by atoms with Gasteiger partial charge >= 0.3 is 0 Å². The molecule has 3 rings (SSSR count). The highest BCUT2D eigenvalue weighted by Gasteiger charge is 2.29. The molecule has 2 heterocycles. The van der Waals surface area contributed by atoms with Crippen LogP contribution < -0.4 is 4.90 Å². The first-order valence-corrected chi connectivity index (χ1v) is 8.53. The number of para-hydroxylation sites is 1.